The number of rotatable bonds is 11. The summed E-state index contributed by atoms with van der Waals surface area (Å²) in [5.41, 5.74) is 18.3. The number of pyridine rings is 1. The number of fused-ring (bicyclic) bond motifs is 4. The van der Waals surface area contributed by atoms with Crippen LogP contribution >= 0.6 is 0 Å². The van der Waals surface area contributed by atoms with Crippen molar-refractivity contribution in [3.63, 3.8) is 0 Å². The van der Waals surface area contributed by atoms with Crippen LogP contribution in [-0.4, -0.2) is 9.55 Å². The van der Waals surface area contributed by atoms with Crippen molar-refractivity contribution in [3.8, 4) is 73.3 Å². The molecule has 0 radical (unpaired) electrons. The van der Waals surface area contributed by atoms with Gasteiger partial charge >= 0.3 is 0 Å². The molecule has 0 bridgehead atoms. The van der Waals surface area contributed by atoms with E-state index in [-0.39, 0.29) is 21.1 Å². The molecular formula is C69H49N4O2Pt-3. The van der Waals surface area contributed by atoms with Crippen molar-refractivity contribution in [2.45, 2.75) is 20.8 Å². The average Bonchev–Trinajstić information content (AvgIpc) is 4.05. The summed E-state index contributed by atoms with van der Waals surface area (Å²) in [5.74, 6) is 3.28. The van der Waals surface area contributed by atoms with Gasteiger partial charge in [-0.2, -0.15) is 12.1 Å². The van der Waals surface area contributed by atoms with Crippen LogP contribution in [0.4, 0.5) is 22.7 Å². The van der Waals surface area contributed by atoms with Crippen molar-refractivity contribution in [3.05, 3.63) is 272 Å². The van der Waals surface area contributed by atoms with Gasteiger partial charge in [-0.25, -0.2) is 4.98 Å². The minimum atomic E-state index is 0. The molecule has 0 unspecified atom stereocenters. The summed E-state index contributed by atoms with van der Waals surface area (Å²) in [6.07, 6.45) is 1.82. The number of nitrogens with zero attached hydrogens (tertiary/aromatic N) is 4. The van der Waals surface area contributed by atoms with Crippen LogP contribution in [0.1, 0.15) is 16.7 Å². The third-order valence-corrected chi connectivity index (χ3v) is 14.5. The van der Waals surface area contributed by atoms with Gasteiger partial charge in [0.25, 0.3) is 0 Å². The largest absolute Gasteiger partial charge is 0.509 e. The van der Waals surface area contributed by atoms with Crippen molar-refractivity contribution in [2.24, 2.45) is 0 Å². The van der Waals surface area contributed by atoms with E-state index in [9.17, 15) is 0 Å². The first-order valence-electron chi connectivity index (χ1n) is 25.3. The quantitative estimate of drug-likeness (QED) is 0.121. The molecule has 13 rings (SSSR count). The first-order valence-corrected chi connectivity index (χ1v) is 25.3. The Kier molecular flexibility index (Phi) is 12.9. The van der Waals surface area contributed by atoms with Crippen LogP contribution in [0, 0.1) is 39.6 Å². The van der Waals surface area contributed by atoms with E-state index in [2.05, 4.69) is 254 Å². The van der Waals surface area contributed by atoms with Gasteiger partial charge in [-0.15, -0.1) is 48.1 Å². The number of para-hydroxylation sites is 4. The summed E-state index contributed by atoms with van der Waals surface area (Å²) >= 11 is 0. The fraction of sp³-hybridized carbons (Fsp3) is 0.0435. The van der Waals surface area contributed by atoms with Crippen LogP contribution in [-0.2, 0) is 21.1 Å². The van der Waals surface area contributed by atoms with Crippen molar-refractivity contribution >= 4 is 44.6 Å². The predicted molar refractivity (Wildman–Crippen MR) is 307 cm³/mol. The van der Waals surface area contributed by atoms with E-state index in [1.807, 2.05) is 36.5 Å². The Morgan fingerprint density at radius 2 is 0.987 bits per heavy atom. The van der Waals surface area contributed by atoms with Gasteiger partial charge in [-0.05, 0) is 89.4 Å². The molecule has 0 N–H and O–H groups in total. The molecule has 2 aromatic heterocycles. The molecular weight excluding hydrogens is 1110 g/mol. The van der Waals surface area contributed by atoms with Gasteiger partial charge < -0.3 is 23.8 Å². The maximum atomic E-state index is 7.19. The van der Waals surface area contributed by atoms with Gasteiger partial charge in [0.2, 0.25) is 0 Å². The van der Waals surface area contributed by atoms with Crippen molar-refractivity contribution in [1.82, 2.24) is 9.55 Å². The minimum absolute atomic E-state index is 0. The third kappa shape index (κ3) is 8.61. The molecule has 0 saturated heterocycles. The molecule has 12 aromatic rings. The molecule has 370 valence electrons. The Morgan fingerprint density at radius 3 is 1.62 bits per heavy atom. The van der Waals surface area contributed by atoms with Gasteiger partial charge in [-0.1, -0.05) is 175 Å². The normalized spacial score (nSPS) is 11.9. The summed E-state index contributed by atoms with van der Waals surface area (Å²) in [6, 6.07) is 87.1. The SMILES string of the molecule is Cc1c(C)c(-c2ccccc2)c(Oc2ccnc(-n3c4[c-]c(Oc5[c-]c(N6[CH-]N(c7c(-c8ccccc8)cccc7-c7ccccc7)c7ccccc76)ccc5)ccc4c4ccccc43)c2)c(-c2ccccc2)c1C.[Pt]. The van der Waals surface area contributed by atoms with Crippen molar-refractivity contribution in [2.75, 3.05) is 9.80 Å². The van der Waals surface area contributed by atoms with E-state index in [1.54, 1.807) is 0 Å². The Labute approximate surface area is 458 Å². The van der Waals surface area contributed by atoms with Crippen LogP contribution < -0.4 is 19.3 Å². The molecule has 0 atom stereocenters. The topological polar surface area (TPSA) is 42.8 Å². The van der Waals surface area contributed by atoms with Gasteiger partial charge in [0.05, 0.1) is 0 Å². The van der Waals surface area contributed by atoms with E-state index in [0.29, 0.717) is 23.1 Å². The number of hydrogen-bond acceptors (Lipinski definition) is 5. The molecule has 1 aliphatic heterocycles. The number of hydrogen-bond donors (Lipinski definition) is 0. The first kappa shape index (κ1) is 48.0. The van der Waals surface area contributed by atoms with E-state index in [4.69, 9.17) is 14.5 Å². The molecule has 0 aliphatic carbocycles. The number of aromatic nitrogens is 2. The van der Waals surface area contributed by atoms with E-state index < -0.39 is 0 Å². The maximum absolute atomic E-state index is 7.19. The molecule has 7 heteroatoms. The van der Waals surface area contributed by atoms with Crippen LogP contribution in [0.25, 0.3) is 72.1 Å². The third-order valence-electron chi connectivity index (χ3n) is 14.5. The fourth-order valence-electron chi connectivity index (χ4n) is 10.7. The zero-order valence-corrected chi connectivity index (χ0v) is 44.3. The molecule has 1 aliphatic rings. The Morgan fingerprint density at radius 1 is 0.447 bits per heavy atom. The Hall–Kier alpha value is -8.96. The van der Waals surface area contributed by atoms with Crippen molar-refractivity contribution < 1.29 is 30.5 Å². The minimum Gasteiger partial charge on any atom is -0.509 e. The van der Waals surface area contributed by atoms with Crippen LogP contribution in [0.3, 0.4) is 0 Å². The van der Waals surface area contributed by atoms with Crippen molar-refractivity contribution in [1.29, 1.82) is 0 Å². The average molecular weight is 1160 g/mol. The van der Waals surface area contributed by atoms with Crippen LogP contribution in [0.2, 0.25) is 0 Å². The van der Waals surface area contributed by atoms with Gasteiger partial charge in [0, 0.05) is 89.7 Å². The molecule has 6 nitrogen and oxygen atoms in total. The first-order chi connectivity index (χ1) is 37.0. The molecule has 0 saturated carbocycles. The summed E-state index contributed by atoms with van der Waals surface area (Å²) < 4.78 is 16.1. The second-order valence-corrected chi connectivity index (χ2v) is 18.9. The number of ether oxygens (including phenoxy) is 2. The van der Waals surface area contributed by atoms with E-state index in [0.717, 1.165) is 94.8 Å². The zero-order chi connectivity index (χ0) is 50.4. The predicted octanol–water partition coefficient (Wildman–Crippen LogP) is 18.4. The van der Waals surface area contributed by atoms with E-state index in [1.165, 1.54) is 16.7 Å². The molecule has 10 aromatic carbocycles. The molecule has 3 heterocycles. The standard InChI is InChI=1S/C69H49N4O2.Pt/c1-46-47(2)66(51-26-12-6-13-27-51)69(67(48(46)3)52-28-14-7-15-29-52)75-56-40-41-70-65(44-56)73-61-35-17-16-32-59(61)60-39-38-55(43-64(60)73)74-54-31-20-30-53(42-54)71-45-72(63-37-19-18-36-62(63)71)68-57(49-22-8-4-9-23-49)33-21-34-58(68)50-24-10-5-11-25-50;/h4-41,44-45H,1-3H3;/q-3;. The zero-order valence-electron chi connectivity index (χ0n) is 42.0. The smallest absolute Gasteiger partial charge is 0.143 e. The van der Waals surface area contributed by atoms with Gasteiger partial charge in [0.15, 0.2) is 0 Å². The molecule has 0 spiro atoms. The molecule has 0 amide bonds. The van der Waals surface area contributed by atoms with Gasteiger partial charge in [-0.3, -0.25) is 0 Å². The second kappa shape index (κ2) is 20.4. The van der Waals surface area contributed by atoms with Crippen LogP contribution in [0.5, 0.6) is 23.0 Å². The monoisotopic (exact) mass is 1160 g/mol. The summed E-state index contributed by atoms with van der Waals surface area (Å²) in [5, 5.41) is 2.11. The number of anilines is 4. The maximum Gasteiger partial charge on any atom is 0.143 e. The van der Waals surface area contributed by atoms with E-state index >= 15 is 0 Å². The second-order valence-electron chi connectivity index (χ2n) is 18.9. The summed E-state index contributed by atoms with van der Waals surface area (Å²) in [4.78, 5) is 9.50. The molecule has 76 heavy (non-hydrogen) atoms. The van der Waals surface area contributed by atoms with Crippen LogP contribution in [0.15, 0.2) is 237 Å². The Bertz CT molecular complexity index is 3960. The summed E-state index contributed by atoms with van der Waals surface area (Å²) in [6.45, 7) is 8.76. The summed E-state index contributed by atoms with van der Waals surface area (Å²) in [7, 11) is 0. The van der Waals surface area contributed by atoms with Gasteiger partial charge in [0.1, 0.15) is 17.3 Å². The fourth-order valence-corrected chi connectivity index (χ4v) is 10.7. The molecule has 0 fully saturated rings. The number of benzene rings is 10. The Balaban J connectivity index is 0.00000582.